The number of methoxy groups -OCH3 is 1. The summed E-state index contributed by atoms with van der Waals surface area (Å²) in [6.45, 7) is 0.993. The second-order valence-electron chi connectivity index (χ2n) is 6.60. The highest BCUT2D eigenvalue weighted by molar-refractivity contribution is 9.10. The van der Waals surface area contributed by atoms with E-state index in [0.29, 0.717) is 5.88 Å². The fourth-order valence-electron chi connectivity index (χ4n) is 3.58. The third-order valence-electron chi connectivity index (χ3n) is 4.84. The Labute approximate surface area is 175 Å². The number of hydrogen-bond donors (Lipinski definition) is 0. The minimum atomic E-state index is 0.686. The van der Waals surface area contributed by atoms with Gasteiger partial charge in [-0.1, -0.05) is 37.9 Å². The molecule has 3 nitrogen and oxygen atoms in total. The maximum Gasteiger partial charge on any atom is 0.213 e. The number of ether oxygens (including phenoxy) is 1. The Bertz CT molecular complexity index is 1050. The lowest BCUT2D eigenvalue weighted by molar-refractivity contribution is 0.396. The van der Waals surface area contributed by atoms with Gasteiger partial charge in [0.05, 0.1) is 7.11 Å². The molecule has 0 aliphatic heterocycles. The summed E-state index contributed by atoms with van der Waals surface area (Å²) in [7, 11) is 1.66. The van der Waals surface area contributed by atoms with Gasteiger partial charge in [-0.25, -0.2) is 4.98 Å². The molecule has 0 saturated heterocycles. The number of unbranched alkanes of at least 4 members (excludes halogenated alkanes) is 1. The van der Waals surface area contributed by atoms with Gasteiger partial charge in [-0.15, -0.1) is 0 Å². The van der Waals surface area contributed by atoms with E-state index in [1.54, 1.807) is 7.11 Å². The molecule has 2 heterocycles. The predicted octanol–water partition coefficient (Wildman–Crippen LogP) is 6.75. The molecule has 2 aromatic heterocycles. The second-order valence-corrected chi connectivity index (χ2v) is 8.43. The lowest BCUT2D eigenvalue weighted by Gasteiger charge is -2.08. The summed E-state index contributed by atoms with van der Waals surface area (Å²) in [4.78, 5) is 4.51. The summed E-state index contributed by atoms with van der Waals surface area (Å²) in [6, 6.07) is 19.0. The molecule has 0 bridgehead atoms. The molecule has 0 unspecified atom stereocenters. The first kappa shape index (κ1) is 18.5. The van der Waals surface area contributed by atoms with Gasteiger partial charge in [0.1, 0.15) is 0 Å². The Balaban J connectivity index is 1.56. The van der Waals surface area contributed by atoms with Crippen LogP contribution in [0.15, 0.2) is 63.5 Å². The molecule has 0 atom stereocenters. The highest BCUT2D eigenvalue weighted by Crippen LogP contribution is 2.33. The van der Waals surface area contributed by atoms with Gasteiger partial charge in [-0.2, -0.15) is 0 Å². The molecule has 0 aliphatic rings. The van der Waals surface area contributed by atoms with Crippen LogP contribution < -0.4 is 4.74 Å². The first-order valence-electron chi connectivity index (χ1n) is 9.02. The molecule has 138 valence electrons. The maximum absolute atomic E-state index is 5.21. The molecular weight excluding hydrogens is 468 g/mol. The minimum absolute atomic E-state index is 0.686. The van der Waals surface area contributed by atoms with Crippen molar-refractivity contribution in [2.24, 2.45) is 0 Å². The third-order valence-corrected chi connectivity index (χ3v) is 5.83. The Morgan fingerprint density at radius 2 is 1.56 bits per heavy atom. The molecule has 0 fully saturated rings. The number of hydrogen-bond acceptors (Lipinski definition) is 2. The second kappa shape index (κ2) is 8.03. The maximum atomic E-state index is 5.21. The van der Waals surface area contributed by atoms with E-state index in [9.17, 15) is 0 Å². The number of aryl methyl sites for hydroxylation is 2. The Morgan fingerprint density at radius 1 is 0.889 bits per heavy atom. The van der Waals surface area contributed by atoms with Crippen LogP contribution in [0.3, 0.4) is 0 Å². The molecule has 5 heteroatoms. The summed E-state index contributed by atoms with van der Waals surface area (Å²) < 4.78 is 9.86. The van der Waals surface area contributed by atoms with Gasteiger partial charge in [-0.05, 0) is 61.7 Å². The van der Waals surface area contributed by atoms with Gasteiger partial charge in [0, 0.05) is 49.1 Å². The van der Waals surface area contributed by atoms with Gasteiger partial charge in [0.25, 0.3) is 0 Å². The number of pyridine rings is 1. The molecular formula is C22H20Br2N2O. The van der Waals surface area contributed by atoms with E-state index in [-0.39, 0.29) is 0 Å². The van der Waals surface area contributed by atoms with Crippen molar-refractivity contribution in [1.29, 1.82) is 0 Å². The average Bonchev–Trinajstić information content (AvgIpc) is 2.97. The van der Waals surface area contributed by atoms with Crippen molar-refractivity contribution in [3.8, 4) is 5.88 Å². The van der Waals surface area contributed by atoms with Crippen LogP contribution in [0.25, 0.3) is 21.8 Å². The van der Waals surface area contributed by atoms with Gasteiger partial charge >= 0.3 is 0 Å². The normalized spacial score (nSPS) is 11.4. The summed E-state index contributed by atoms with van der Waals surface area (Å²) in [5, 5.41) is 2.57. The Kier molecular flexibility index (Phi) is 5.50. The topological polar surface area (TPSA) is 27.1 Å². The van der Waals surface area contributed by atoms with Crippen LogP contribution in [0, 0.1) is 0 Å². The molecule has 0 aliphatic carbocycles. The van der Waals surface area contributed by atoms with Crippen LogP contribution >= 0.6 is 31.9 Å². The van der Waals surface area contributed by atoms with E-state index in [0.717, 1.165) is 40.4 Å². The summed E-state index contributed by atoms with van der Waals surface area (Å²) in [6.07, 6.45) is 3.16. The van der Waals surface area contributed by atoms with Crippen molar-refractivity contribution in [3.05, 3.63) is 69.2 Å². The predicted molar refractivity (Wildman–Crippen MR) is 119 cm³/mol. The highest BCUT2D eigenvalue weighted by atomic mass is 79.9. The van der Waals surface area contributed by atoms with Crippen molar-refractivity contribution >= 4 is 53.7 Å². The SMILES string of the molecule is COc1cccc(CCCCn2c3ccc(Br)cc3c3cc(Br)ccc32)n1. The Hall–Kier alpha value is -1.85. The van der Waals surface area contributed by atoms with Crippen molar-refractivity contribution in [3.63, 3.8) is 0 Å². The molecule has 27 heavy (non-hydrogen) atoms. The highest BCUT2D eigenvalue weighted by Gasteiger charge is 2.11. The molecule has 0 radical (unpaired) electrons. The third kappa shape index (κ3) is 3.90. The number of fused-ring (bicyclic) bond motifs is 3. The van der Waals surface area contributed by atoms with Crippen molar-refractivity contribution in [2.75, 3.05) is 7.11 Å². The van der Waals surface area contributed by atoms with Crippen LogP contribution in [-0.2, 0) is 13.0 Å². The van der Waals surface area contributed by atoms with Crippen LogP contribution in [-0.4, -0.2) is 16.7 Å². The number of rotatable bonds is 6. The smallest absolute Gasteiger partial charge is 0.213 e. The van der Waals surface area contributed by atoms with Crippen LogP contribution in [0.4, 0.5) is 0 Å². The van der Waals surface area contributed by atoms with Crippen molar-refractivity contribution in [1.82, 2.24) is 9.55 Å². The zero-order valence-corrected chi connectivity index (χ0v) is 18.3. The summed E-state index contributed by atoms with van der Waals surface area (Å²) in [5.74, 6) is 0.686. The largest absolute Gasteiger partial charge is 0.481 e. The first-order chi connectivity index (χ1) is 13.2. The monoisotopic (exact) mass is 486 g/mol. The van der Waals surface area contributed by atoms with E-state index >= 15 is 0 Å². The fourth-order valence-corrected chi connectivity index (χ4v) is 4.30. The van der Waals surface area contributed by atoms with Crippen LogP contribution in [0.1, 0.15) is 18.5 Å². The van der Waals surface area contributed by atoms with Gasteiger partial charge in [-0.3, -0.25) is 0 Å². The van der Waals surface area contributed by atoms with E-state index in [4.69, 9.17) is 4.74 Å². The zero-order chi connectivity index (χ0) is 18.8. The molecule has 4 rings (SSSR count). The van der Waals surface area contributed by atoms with Crippen LogP contribution in [0.2, 0.25) is 0 Å². The standard InChI is InChI=1S/C22H20Br2N2O/c1-27-22-7-4-6-17(25-22)5-2-3-12-26-20-10-8-15(23)13-18(20)19-14-16(24)9-11-21(19)26/h4,6-11,13-14H,2-3,5,12H2,1H3. The average molecular weight is 488 g/mol. The molecule has 0 N–H and O–H groups in total. The number of benzene rings is 2. The Morgan fingerprint density at radius 3 is 2.19 bits per heavy atom. The number of nitrogens with zero attached hydrogens (tertiary/aromatic N) is 2. The van der Waals surface area contributed by atoms with Crippen LogP contribution in [0.5, 0.6) is 5.88 Å². The van der Waals surface area contributed by atoms with Crippen molar-refractivity contribution in [2.45, 2.75) is 25.8 Å². The summed E-state index contributed by atoms with van der Waals surface area (Å²) >= 11 is 7.22. The summed E-state index contributed by atoms with van der Waals surface area (Å²) in [5.41, 5.74) is 3.65. The lowest BCUT2D eigenvalue weighted by atomic mass is 10.2. The van der Waals surface area contributed by atoms with E-state index in [1.165, 1.54) is 21.8 Å². The quantitative estimate of drug-likeness (QED) is 0.281. The van der Waals surface area contributed by atoms with E-state index < -0.39 is 0 Å². The first-order valence-corrected chi connectivity index (χ1v) is 10.6. The van der Waals surface area contributed by atoms with Gasteiger partial charge in [0.2, 0.25) is 5.88 Å². The van der Waals surface area contributed by atoms with Gasteiger partial charge < -0.3 is 9.30 Å². The molecule has 2 aromatic carbocycles. The van der Waals surface area contributed by atoms with E-state index in [2.05, 4.69) is 83.9 Å². The van der Waals surface area contributed by atoms with Gasteiger partial charge in [0.15, 0.2) is 0 Å². The minimum Gasteiger partial charge on any atom is -0.481 e. The molecule has 0 amide bonds. The molecule has 0 saturated carbocycles. The molecule has 4 aromatic rings. The van der Waals surface area contributed by atoms with Crippen molar-refractivity contribution < 1.29 is 4.74 Å². The number of halogens is 2. The zero-order valence-electron chi connectivity index (χ0n) is 15.1. The van der Waals surface area contributed by atoms with E-state index in [1.807, 2.05) is 12.1 Å². The molecule has 0 spiro atoms. The fraction of sp³-hybridized carbons (Fsp3) is 0.227. The lowest BCUT2D eigenvalue weighted by Crippen LogP contribution is -1.99. The number of aromatic nitrogens is 2.